The minimum absolute atomic E-state index is 0.0936. The maximum absolute atomic E-state index is 14.3. The largest absolute Gasteiger partial charge is 0.316 e. The van der Waals surface area contributed by atoms with Gasteiger partial charge in [-0.25, -0.2) is 4.39 Å². The normalized spacial score (nSPS) is 15.1. The van der Waals surface area contributed by atoms with Crippen LogP contribution in [0.15, 0.2) is 42.1 Å². The second-order valence-electron chi connectivity index (χ2n) is 7.69. The fraction of sp³-hybridized carbons (Fsp3) is 0.304. The number of carbonyl (C=O) groups is 1. The van der Waals surface area contributed by atoms with Crippen molar-refractivity contribution in [1.82, 2.24) is 14.8 Å². The molecule has 4 rings (SSSR count). The number of anilines is 1. The van der Waals surface area contributed by atoms with Crippen molar-refractivity contribution in [2.75, 3.05) is 11.1 Å². The molecule has 164 valence electrons. The first-order chi connectivity index (χ1) is 15.5. The lowest BCUT2D eigenvalue weighted by molar-refractivity contribution is -0.113. The Labute approximate surface area is 194 Å². The molecule has 32 heavy (non-hydrogen) atoms. The van der Waals surface area contributed by atoms with E-state index >= 15 is 0 Å². The zero-order valence-corrected chi connectivity index (χ0v) is 19.2. The van der Waals surface area contributed by atoms with Gasteiger partial charge in [-0.05, 0) is 42.9 Å². The van der Waals surface area contributed by atoms with E-state index in [4.69, 9.17) is 0 Å². The predicted octanol–water partition coefficient (Wildman–Crippen LogP) is 5.06. The molecule has 1 N–H and O–H groups in total. The summed E-state index contributed by atoms with van der Waals surface area (Å²) in [6.45, 7) is 6.34. The molecular weight excluding hydrogens is 445 g/mol. The first kappa shape index (κ1) is 22.2. The van der Waals surface area contributed by atoms with Gasteiger partial charge in [0.2, 0.25) is 5.91 Å². The van der Waals surface area contributed by atoms with Gasteiger partial charge < -0.3 is 5.32 Å². The summed E-state index contributed by atoms with van der Waals surface area (Å²) in [5.41, 5.74) is 2.01. The van der Waals surface area contributed by atoms with Crippen LogP contribution in [0.2, 0.25) is 0 Å². The minimum atomic E-state index is -0.389. The number of thiophene rings is 1. The van der Waals surface area contributed by atoms with Gasteiger partial charge in [0.15, 0.2) is 11.0 Å². The van der Waals surface area contributed by atoms with E-state index in [1.54, 1.807) is 28.8 Å². The van der Waals surface area contributed by atoms with Crippen molar-refractivity contribution in [3.05, 3.63) is 58.7 Å². The van der Waals surface area contributed by atoms with Crippen molar-refractivity contribution in [2.45, 2.75) is 37.9 Å². The number of allylic oxidation sites excluding steroid dienone is 1. The number of hydrogen-bond acceptors (Lipinski definition) is 6. The van der Waals surface area contributed by atoms with Gasteiger partial charge in [-0.15, -0.1) is 28.1 Å². The Morgan fingerprint density at radius 1 is 1.47 bits per heavy atom. The summed E-state index contributed by atoms with van der Waals surface area (Å²) >= 11 is 2.72. The Balaban J connectivity index is 1.49. The van der Waals surface area contributed by atoms with Crippen molar-refractivity contribution in [3.63, 3.8) is 0 Å². The summed E-state index contributed by atoms with van der Waals surface area (Å²) in [4.78, 5) is 13.9. The van der Waals surface area contributed by atoms with E-state index in [0.29, 0.717) is 39.6 Å². The number of hydrogen-bond donors (Lipinski definition) is 1. The van der Waals surface area contributed by atoms with Crippen LogP contribution in [-0.4, -0.2) is 26.4 Å². The van der Waals surface area contributed by atoms with E-state index in [-0.39, 0.29) is 17.5 Å². The van der Waals surface area contributed by atoms with Crippen molar-refractivity contribution >= 4 is 34.0 Å². The van der Waals surface area contributed by atoms with Crippen molar-refractivity contribution in [1.29, 1.82) is 5.26 Å². The monoisotopic (exact) mass is 467 g/mol. The molecule has 6 nitrogen and oxygen atoms in total. The van der Waals surface area contributed by atoms with Gasteiger partial charge in [0, 0.05) is 11.4 Å². The molecule has 0 aliphatic heterocycles. The maximum atomic E-state index is 14.3. The Kier molecular flexibility index (Phi) is 6.72. The average molecular weight is 468 g/mol. The van der Waals surface area contributed by atoms with E-state index < -0.39 is 0 Å². The van der Waals surface area contributed by atoms with Gasteiger partial charge in [-0.3, -0.25) is 9.36 Å². The molecule has 9 heteroatoms. The number of nitrogens with one attached hydrogen (secondary N) is 1. The summed E-state index contributed by atoms with van der Waals surface area (Å²) in [6, 6.07) is 8.63. The molecule has 2 aromatic heterocycles. The summed E-state index contributed by atoms with van der Waals surface area (Å²) in [5.74, 6) is 0.457. The molecule has 0 saturated carbocycles. The number of thioether (sulfide) groups is 1. The highest BCUT2D eigenvalue weighted by Gasteiger charge is 2.25. The molecule has 3 aromatic rings. The van der Waals surface area contributed by atoms with Crippen LogP contribution in [0.5, 0.6) is 0 Å². The maximum Gasteiger partial charge on any atom is 0.235 e. The fourth-order valence-corrected chi connectivity index (χ4v) is 5.91. The van der Waals surface area contributed by atoms with Crippen LogP contribution in [0.3, 0.4) is 0 Å². The summed E-state index contributed by atoms with van der Waals surface area (Å²) in [7, 11) is 0. The van der Waals surface area contributed by atoms with Crippen LogP contribution < -0.4 is 5.32 Å². The Morgan fingerprint density at radius 2 is 2.28 bits per heavy atom. The van der Waals surface area contributed by atoms with Crippen LogP contribution in [0.4, 0.5) is 9.39 Å². The number of aromatic nitrogens is 3. The van der Waals surface area contributed by atoms with Crippen LogP contribution in [0, 0.1) is 23.1 Å². The number of nitriles is 1. The van der Waals surface area contributed by atoms with E-state index in [9.17, 15) is 14.4 Å². The van der Waals surface area contributed by atoms with E-state index in [2.05, 4.69) is 35.1 Å². The first-order valence-electron chi connectivity index (χ1n) is 10.3. The number of benzene rings is 1. The van der Waals surface area contributed by atoms with E-state index in [1.165, 1.54) is 34.0 Å². The predicted molar refractivity (Wildman–Crippen MR) is 125 cm³/mol. The lowest BCUT2D eigenvalue weighted by Crippen LogP contribution is -2.15. The topological polar surface area (TPSA) is 83.6 Å². The second kappa shape index (κ2) is 9.67. The lowest BCUT2D eigenvalue weighted by atomic mass is 9.89. The van der Waals surface area contributed by atoms with Gasteiger partial charge in [-0.1, -0.05) is 36.9 Å². The Morgan fingerprint density at radius 3 is 3.03 bits per heavy atom. The van der Waals surface area contributed by atoms with Crippen molar-refractivity contribution < 1.29 is 9.18 Å². The highest BCUT2D eigenvalue weighted by Crippen LogP contribution is 2.39. The zero-order valence-electron chi connectivity index (χ0n) is 17.6. The van der Waals surface area contributed by atoms with E-state index in [0.717, 1.165) is 24.8 Å². The quantitative estimate of drug-likeness (QED) is 0.388. The van der Waals surface area contributed by atoms with Crippen LogP contribution >= 0.6 is 23.1 Å². The highest BCUT2D eigenvalue weighted by atomic mass is 32.2. The average Bonchev–Trinajstić information content (AvgIpc) is 3.32. The third kappa shape index (κ3) is 4.47. The van der Waals surface area contributed by atoms with Gasteiger partial charge in [-0.2, -0.15) is 5.26 Å². The number of rotatable bonds is 7. The molecule has 1 aliphatic rings. The van der Waals surface area contributed by atoms with Gasteiger partial charge in [0.25, 0.3) is 0 Å². The Hall–Kier alpha value is -2.96. The SMILES string of the molecule is C=CCn1c(SCC(=O)Nc2sc3c(c2C#N)CCC(C)C3)nnc1-c1ccccc1F. The molecule has 1 atom stereocenters. The summed E-state index contributed by atoms with van der Waals surface area (Å²) in [6.07, 6.45) is 4.56. The molecule has 0 bridgehead atoms. The fourth-order valence-electron chi connectivity index (χ4n) is 3.78. The van der Waals surface area contributed by atoms with Crippen LogP contribution in [0.1, 0.15) is 29.3 Å². The zero-order chi connectivity index (χ0) is 22.7. The molecular formula is C23H22FN5OS2. The summed E-state index contributed by atoms with van der Waals surface area (Å²) in [5, 5.41) is 21.9. The molecule has 0 saturated heterocycles. The highest BCUT2D eigenvalue weighted by molar-refractivity contribution is 7.99. The molecule has 0 radical (unpaired) electrons. The number of carbonyl (C=O) groups excluding carboxylic acids is 1. The third-order valence-electron chi connectivity index (χ3n) is 5.35. The second-order valence-corrected chi connectivity index (χ2v) is 9.74. The van der Waals surface area contributed by atoms with Crippen molar-refractivity contribution in [3.8, 4) is 17.5 Å². The third-order valence-corrected chi connectivity index (χ3v) is 7.49. The number of nitrogens with zero attached hydrogens (tertiary/aromatic N) is 4. The van der Waals surface area contributed by atoms with E-state index in [1.807, 2.05) is 0 Å². The number of halogens is 1. The van der Waals surface area contributed by atoms with Crippen LogP contribution in [-0.2, 0) is 24.2 Å². The number of amides is 1. The summed E-state index contributed by atoms with van der Waals surface area (Å²) < 4.78 is 16.0. The molecule has 1 aromatic carbocycles. The smallest absolute Gasteiger partial charge is 0.235 e. The van der Waals surface area contributed by atoms with Gasteiger partial charge in [0.1, 0.15) is 16.9 Å². The first-order valence-corrected chi connectivity index (χ1v) is 12.1. The molecule has 0 spiro atoms. The van der Waals surface area contributed by atoms with Gasteiger partial charge >= 0.3 is 0 Å². The molecule has 1 unspecified atom stereocenters. The number of fused-ring (bicyclic) bond motifs is 1. The van der Waals surface area contributed by atoms with Gasteiger partial charge in [0.05, 0.1) is 16.9 Å². The molecule has 1 amide bonds. The lowest BCUT2D eigenvalue weighted by Gasteiger charge is -2.17. The molecule has 2 heterocycles. The van der Waals surface area contributed by atoms with Crippen LogP contribution in [0.25, 0.3) is 11.4 Å². The van der Waals surface area contributed by atoms with Crippen molar-refractivity contribution in [2.24, 2.45) is 5.92 Å². The minimum Gasteiger partial charge on any atom is -0.316 e. The standard InChI is InChI=1S/C23H22FN5OS2/c1-3-10-29-21(16-6-4-5-7-18(16)24)27-28-23(29)31-13-20(30)26-22-17(12-25)15-9-8-14(2)11-19(15)32-22/h3-7,14H,1,8-11,13H2,2H3,(H,26,30). The Bertz CT molecular complexity index is 1210. The molecule has 1 aliphatic carbocycles. The molecule has 0 fully saturated rings.